The number of hydrogen-bond donors (Lipinski definition) is 1. The van der Waals surface area contributed by atoms with Crippen molar-refractivity contribution in [2.45, 2.75) is 31.8 Å². The zero-order valence-electron chi connectivity index (χ0n) is 5.68. The zero-order chi connectivity index (χ0) is 6.53. The average molecular weight is 146 g/mol. The second-order valence-corrected chi connectivity index (χ2v) is 3.73. The summed E-state index contributed by atoms with van der Waals surface area (Å²) in [5, 5.41) is 9.19. The molecule has 1 nitrogen and oxygen atoms in total. The molecule has 54 valence electrons. The molecule has 1 heterocycles. The summed E-state index contributed by atoms with van der Waals surface area (Å²) in [5.41, 5.74) is 0. The molecule has 0 saturated carbocycles. The van der Waals surface area contributed by atoms with Crippen molar-refractivity contribution in [2.24, 2.45) is 0 Å². The fraction of sp³-hybridized carbons (Fsp3) is 1.00. The largest absolute Gasteiger partial charge is 0.392 e. The third kappa shape index (κ3) is 3.11. The van der Waals surface area contributed by atoms with Crippen LogP contribution in [0, 0.1) is 0 Å². The Morgan fingerprint density at radius 1 is 1.22 bits per heavy atom. The van der Waals surface area contributed by atoms with E-state index < -0.39 is 0 Å². The van der Waals surface area contributed by atoms with Crippen LogP contribution in [-0.2, 0) is 0 Å². The van der Waals surface area contributed by atoms with Gasteiger partial charge in [0.25, 0.3) is 0 Å². The first-order valence-electron chi connectivity index (χ1n) is 3.65. The van der Waals surface area contributed by atoms with Gasteiger partial charge in [0.2, 0.25) is 0 Å². The minimum absolute atomic E-state index is 0.0182. The Labute approximate surface area is 60.8 Å². The van der Waals surface area contributed by atoms with E-state index in [1.807, 2.05) is 11.8 Å². The monoisotopic (exact) mass is 146 g/mol. The fourth-order valence-electron chi connectivity index (χ4n) is 1.06. The zero-order valence-corrected chi connectivity index (χ0v) is 6.49. The Kier molecular flexibility index (Phi) is 3.44. The lowest BCUT2D eigenvalue weighted by Crippen LogP contribution is -2.11. The van der Waals surface area contributed by atoms with Gasteiger partial charge in [0.05, 0.1) is 6.10 Å². The van der Waals surface area contributed by atoms with Crippen LogP contribution < -0.4 is 0 Å². The molecule has 0 aromatic heterocycles. The summed E-state index contributed by atoms with van der Waals surface area (Å²) >= 11 is 1.89. The van der Waals surface area contributed by atoms with Crippen molar-refractivity contribution in [1.29, 1.82) is 0 Å². The van der Waals surface area contributed by atoms with Gasteiger partial charge in [0.15, 0.2) is 0 Å². The highest BCUT2D eigenvalue weighted by atomic mass is 32.2. The van der Waals surface area contributed by atoms with Crippen molar-refractivity contribution in [3.8, 4) is 0 Å². The second-order valence-electron chi connectivity index (χ2n) is 2.58. The van der Waals surface area contributed by atoms with Gasteiger partial charge in [-0.15, -0.1) is 0 Å². The Morgan fingerprint density at radius 2 is 2.11 bits per heavy atom. The minimum atomic E-state index is -0.0182. The van der Waals surface area contributed by atoms with E-state index in [4.69, 9.17) is 0 Å². The van der Waals surface area contributed by atoms with Gasteiger partial charge in [0, 0.05) is 5.75 Å². The van der Waals surface area contributed by atoms with E-state index in [1.165, 1.54) is 25.0 Å². The standard InChI is InChI=1S/C7H14OS/c8-7-4-2-1-3-5-9-6-7/h7-8H,1-6H2. The second kappa shape index (κ2) is 4.18. The summed E-state index contributed by atoms with van der Waals surface area (Å²) < 4.78 is 0. The van der Waals surface area contributed by atoms with Crippen LogP contribution in [0.25, 0.3) is 0 Å². The van der Waals surface area contributed by atoms with Gasteiger partial charge in [-0.3, -0.25) is 0 Å². The van der Waals surface area contributed by atoms with Crippen molar-refractivity contribution >= 4 is 11.8 Å². The molecular weight excluding hydrogens is 132 g/mol. The average Bonchev–Trinajstić information content (AvgIpc) is 1.79. The van der Waals surface area contributed by atoms with E-state index >= 15 is 0 Å². The van der Waals surface area contributed by atoms with Gasteiger partial charge >= 0.3 is 0 Å². The van der Waals surface area contributed by atoms with Crippen LogP contribution >= 0.6 is 11.8 Å². The lowest BCUT2D eigenvalue weighted by molar-refractivity contribution is 0.184. The number of thioether (sulfide) groups is 1. The molecule has 1 rings (SSSR count). The normalized spacial score (nSPS) is 31.0. The molecule has 0 aromatic carbocycles. The van der Waals surface area contributed by atoms with Crippen LogP contribution in [0.2, 0.25) is 0 Å². The highest BCUT2D eigenvalue weighted by molar-refractivity contribution is 7.99. The Bertz CT molecular complexity index is 67.3. The molecule has 0 radical (unpaired) electrons. The first-order chi connectivity index (χ1) is 4.39. The quantitative estimate of drug-likeness (QED) is 0.561. The number of rotatable bonds is 0. The van der Waals surface area contributed by atoms with Gasteiger partial charge < -0.3 is 5.11 Å². The van der Waals surface area contributed by atoms with Crippen LogP contribution in [0.3, 0.4) is 0 Å². The molecule has 0 bridgehead atoms. The van der Waals surface area contributed by atoms with Crippen molar-refractivity contribution in [2.75, 3.05) is 11.5 Å². The molecule has 1 unspecified atom stereocenters. The van der Waals surface area contributed by atoms with E-state index in [0.29, 0.717) is 0 Å². The van der Waals surface area contributed by atoms with E-state index in [0.717, 1.165) is 12.2 Å². The van der Waals surface area contributed by atoms with Crippen LogP contribution in [0.5, 0.6) is 0 Å². The SMILES string of the molecule is OC1CCCCCSC1. The molecule has 0 spiro atoms. The van der Waals surface area contributed by atoms with Crippen LogP contribution in [0.4, 0.5) is 0 Å². The van der Waals surface area contributed by atoms with Gasteiger partial charge in [-0.1, -0.05) is 12.8 Å². The maximum absolute atomic E-state index is 9.19. The van der Waals surface area contributed by atoms with Crippen LogP contribution in [0.1, 0.15) is 25.7 Å². The maximum Gasteiger partial charge on any atom is 0.0630 e. The highest BCUT2D eigenvalue weighted by Gasteiger charge is 2.06. The third-order valence-corrected chi connectivity index (χ3v) is 2.83. The lowest BCUT2D eigenvalue weighted by Gasteiger charge is -2.12. The Hall–Kier alpha value is 0.310. The molecule has 1 atom stereocenters. The molecule has 1 N–H and O–H groups in total. The van der Waals surface area contributed by atoms with Crippen LogP contribution in [0.15, 0.2) is 0 Å². The van der Waals surface area contributed by atoms with E-state index in [9.17, 15) is 5.11 Å². The maximum atomic E-state index is 9.19. The van der Waals surface area contributed by atoms with E-state index in [-0.39, 0.29) is 6.10 Å². The van der Waals surface area contributed by atoms with Gasteiger partial charge in [-0.25, -0.2) is 0 Å². The summed E-state index contributed by atoms with van der Waals surface area (Å²) in [4.78, 5) is 0. The summed E-state index contributed by atoms with van der Waals surface area (Å²) in [5.74, 6) is 2.21. The molecule has 2 heteroatoms. The predicted molar refractivity (Wildman–Crippen MR) is 41.8 cm³/mol. The highest BCUT2D eigenvalue weighted by Crippen LogP contribution is 2.15. The Morgan fingerprint density at radius 3 is 3.00 bits per heavy atom. The molecule has 1 aliphatic rings. The van der Waals surface area contributed by atoms with Crippen molar-refractivity contribution in [3.63, 3.8) is 0 Å². The van der Waals surface area contributed by atoms with Crippen LogP contribution in [-0.4, -0.2) is 22.7 Å². The fourth-order valence-corrected chi connectivity index (χ4v) is 2.08. The van der Waals surface area contributed by atoms with Crippen molar-refractivity contribution in [3.05, 3.63) is 0 Å². The van der Waals surface area contributed by atoms with Gasteiger partial charge in [-0.2, -0.15) is 11.8 Å². The van der Waals surface area contributed by atoms with E-state index in [2.05, 4.69) is 0 Å². The van der Waals surface area contributed by atoms with Gasteiger partial charge in [-0.05, 0) is 18.6 Å². The summed E-state index contributed by atoms with van der Waals surface area (Å²) in [6.07, 6.45) is 4.88. The molecule has 1 fully saturated rings. The predicted octanol–water partition coefficient (Wildman–Crippen LogP) is 1.65. The summed E-state index contributed by atoms with van der Waals surface area (Å²) in [7, 11) is 0. The minimum Gasteiger partial charge on any atom is -0.392 e. The molecule has 0 amide bonds. The lowest BCUT2D eigenvalue weighted by atomic mass is 10.1. The Balaban J connectivity index is 2.12. The molecular formula is C7H14OS. The smallest absolute Gasteiger partial charge is 0.0630 e. The molecule has 0 aliphatic carbocycles. The van der Waals surface area contributed by atoms with Crippen molar-refractivity contribution < 1.29 is 5.11 Å². The first-order valence-corrected chi connectivity index (χ1v) is 4.81. The number of aliphatic hydroxyl groups is 1. The summed E-state index contributed by atoms with van der Waals surface area (Å²) in [6, 6.07) is 0. The molecule has 9 heavy (non-hydrogen) atoms. The summed E-state index contributed by atoms with van der Waals surface area (Å²) in [6.45, 7) is 0. The molecule has 1 saturated heterocycles. The van der Waals surface area contributed by atoms with Crippen molar-refractivity contribution in [1.82, 2.24) is 0 Å². The topological polar surface area (TPSA) is 20.2 Å². The number of hydrogen-bond acceptors (Lipinski definition) is 2. The van der Waals surface area contributed by atoms with Gasteiger partial charge in [0.1, 0.15) is 0 Å². The third-order valence-electron chi connectivity index (χ3n) is 1.64. The molecule has 0 aromatic rings. The number of aliphatic hydroxyl groups excluding tert-OH is 1. The first kappa shape index (κ1) is 7.42. The molecule has 1 aliphatic heterocycles. The van der Waals surface area contributed by atoms with E-state index in [1.54, 1.807) is 0 Å².